The van der Waals surface area contributed by atoms with Gasteiger partial charge < -0.3 is 9.84 Å². The van der Waals surface area contributed by atoms with Crippen molar-refractivity contribution in [2.24, 2.45) is 0 Å². The lowest BCUT2D eigenvalue weighted by Crippen LogP contribution is -2.35. The number of sulfonamides is 1. The van der Waals surface area contributed by atoms with Crippen molar-refractivity contribution in [3.05, 3.63) is 48.5 Å². The van der Waals surface area contributed by atoms with Crippen LogP contribution in [0.2, 0.25) is 0 Å². The number of hydrogen-bond donors (Lipinski definition) is 1. The summed E-state index contributed by atoms with van der Waals surface area (Å²) in [5, 5.41) is 9.17. The van der Waals surface area contributed by atoms with Crippen LogP contribution in [0.1, 0.15) is 6.92 Å². The predicted molar refractivity (Wildman–Crippen MR) is 98.0 cm³/mol. The lowest BCUT2D eigenvalue weighted by molar-refractivity contribution is -0.135. The number of anilines is 1. The molecule has 0 bridgehead atoms. The summed E-state index contributed by atoms with van der Waals surface area (Å²) in [6.07, 6.45) is 1.89. The van der Waals surface area contributed by atoms with Gasteiger partial charge in [-0.2, -0.15) is 0 Å². The molecular formula is C17H19NO5S2. The number of hydrogen-bond acceptors (Lipinski definition) is 5. The van der Waals surface area contributed by atoms with E-state index in [-0.39, 0.29) is 10.6 Å². The number of carboxylic acids is 1. The summed E-state index contributed by atoms with van der Waals surface area (Å²) in [5.41, 5.74) is 0.238. The van der Waals surface area contributed by atoms with E-state index in [0.717, 1.165) is 9.20 Å². The Hall–Kier alpha value is -2.19. The Morgan fingerprint density at radius 2 is 1.88 bits per heavy atom. The van der Waals surface area contributed by atoms with E-state index in [1.54, 1.807) is 30.3 Å². The van der Waals surface area contributed by atoms with Crippen molar-refractivity contribution in [2.45, 2.75) is 16.7 Å². The van der Waals surface area contributed by atoms with Crippen molar-refractivity contribution in [1.29, 1.82) is 0 Å². The Morgan fingerprint density at radius 3 is 2.44 bits per heavy atom. The first-order valence-corrected chi connectivity index (χ1v) is 10.2. The van der Waals surface area contributed by atoms with Gasteiger partial charge in [0.1, 0.15) is 12.3 Å². The molecule has 6 nitrogen and oxygen atoms in total. The van der Waals surface area contributed by atoms with Gasteiger partial charge in [-0.05, 0) is 49.6 Å². The first-order chi connectivity index (χ1) is 11.9. The fourth-order valence-electron chi connectivity index (χ4n) is 2.21. The molecule has 0 radical (unpaired) electrons. The van der Waals surface area contributed by atoms with Gasteiger partial charge in [-0.25, -0.2) is 8.42 Å². The highest BCUT2D eigenvalue weighted by molar-refractivity contribution is 7.98. The molecule has 0 fully saturated rings. The zero-order valence-corrected chi connectivity index (χ0v) is 15.5. The molecule has 0 amide bonds. The quantitative estimate of drug-likeness (QED) is 0.708. The van der Waals surface area contributed by atoms with Gasteiger partial charge in [0.15, 0.2) is 0 Å². The molecule has 0 aliphatic heterocycles. The molecule has 2 aromatic rings. The summed E-state index contributed by atoms with van der Waals surface area (Å²) in [6, 6.07) is 12.7. The molecule has 1 N–H and O–H groups in total. The second-order valence-electron chi connectivity index (χ2n) is 5.01. The van der Waals surface area contributed by atoms with E-state index in [4.69, 9.17) is 9.84 Å². The van der Waals surface area contributed by atoms with Crippen LogP contribution >= 0.6 is 11.8 Å². The van der Waals surface area contributed by atoms with Crippen LogP contribution in [-0.4, -0.2) is 38.9 Å². The zero-order chi connectivity index (χ0) is 18.4. The zero-order valence-electron chi connectivity index (χ0n) is 13.9. The monoisotopic (exact) mass is 381 g/mol. The SMILES string of the molecule is CCOc1cccc(N(CC(=O)O)S(=O)(=O)c2ccc(SC)cc2)c1. The molecule has 0 unspecified atom stereocenters. The average molecular weight is 381 g/mol. The maximum absolute atomic E-state index is 13.0. The maximum atomic E-state index is 13.0. The van der Waals surface area contributed by atoms with Crippen molar-refractivity contribution < 1.29 is 23.1 Å². The van der Waals surface area contributed by atoms with Crippen molar-refractivity contribution in [3.63, 3.8) is 0 Å². The maximum Gasteiger partial charge on any atom is 0.324 e. The lowest BCUT2D eigenvalue weighted by atomic mass is 10.3. The summed E-state index contributed by atoms with van der Waals surface area (Å²) >= 11 is 1.49. The minimum absolute atomic E-state index is 0.0355. The Labute approximate surface area is 151 Å². The number of benzene rings is 2. The van der Waals surface area contributed by atoms with Gasteiger partial charge in [0.2, 0.25) is 0 Å². The number of carboxylic acid groups (broad SMARTS) is 1. The summed E-state index contributed by atoms with van der Waals surface area (Å²) in [4.78, 5) is 12.2. The number of nitrogens with zero attached hydrogens (tertiary/aromatic N) is 1. The topological polar surface area (TPSA) is 83.9 Å². The Kier molecular flexibility index (Phi) is 6.33. The molecule has 0 saturated carbocycles. The molecule has 25 heavy (non-hydrogen) atoms. The minimum Gasteiger partial charge on any atom is -0.494 e. The second kappa shape index (κ2) is 8.26. The number of carbonyl (C=O) groups is 1. The van der Waals surface area contributed by atoms with E-state index >= 15 is 0 Å². The lowest BCUT2D eigenvalue weighted by Gasteiger charge is -2.23. The molecule has 0 spiro atoms. The standard InChI is InChI=1S/C17H19NO5S2/c1-3-23-14-6-4-5-13(11-14)18(12-17(19)20)25(21,22)16-9-7-15(24-2)8-10-16/h4-11H,3,12H2,1-2H3,(H,19,20). The molecular weight excluding hydrogens is 362 g/mol. The van der Waals surface area contributed by atoms with E-state index in [0.29, 0.717) is 12.4 Å². The van der Waals surface area contributed by atoms with Gasteiger partial charge in [0.05, 0.1) is 17.2 Å². The second-order valence-corrected chi connectivity index (χ2v) is 7.75. The van der Waals surface area contributed by atoms with Crippen LogP contribution in [0.4, 0.5) is 5.69 Å². The van der Waals surface area contributed by atoms with Crippen molar-refractivity contribution in [3.8, 4) is 5.75 Å². The number of rotatable bonds is 8. The van der Waals surface area contributed by atoms with E-state index in [1.807, 2.05) is 13.2 Å². The predicted octanol–water partition coefficient (Wildman–Crippen LogP) is 3.09. The van der Waals surface area contributed by atoms with Gasteiger partial charge >= 0.3 is 5.97 Å². The summed E-state index contributed by atoms with van der Waals surface area (Å²) in [6.45, 7) is 1.55. The Bertz CT molecular complexity index is 834. The van der Waals surface area contributed by atoms with Crippen LogP contribution in [-0.2, 0) is 14.8 Å². The molecule has 0 saturated heterocycles. The number of thioether (sulfide) groups is 1. The summed E-state index contributed by atoms with van der Waals surface area (Å²) in [5.74, 6) is -0.769. The van der Waals surface area contributed by atoms with Crippen molar-refractivity contribution >= 4 is 33.4 Å². The van der Waals surface area contributed by atoms with Gasteiger partial charge in [-0.15, -0.1) is 11.8 Å². The highest BCUT2D eigenvalue weighted by Crippen LogP contribution is 2.28. The highest BCUT2D eigenvalue weighted by Gasteiger charge is 2.27. The van der Waals surface area contributed by atoms with Crippen LogP contribution in [0.15, 0.2) is 58.3 Å². The first kappa shape index (κ1) is 19.1. The van der Waals surface area contributed by atoms with Crippen LogP contribution < -0.4 is 9.04 Å². The summed E-state index contributed by atoms with van der Waals surface area (Å²) in [7, 11) is -4.02. The van der Waals surface area contributed by atoms with E-state index in [1.165, 1.54) is 30.0 Å². The van der Waals surface area contributed by atoms with E-state index in [2.05, 4.69) is 0 Å². The molecule has 134 valence electrons. The van der Waals surface area contributed by atoms with Gasteiger partial charge in [0.25, 0.3) is 10.0 Å². The van der Waals surface area contributed by atoms with Gasteiger partial charge in [-0.3, -0.25) is 9.10 Å². The number of ether oxygens (including phenoxy) is 1. The van der Waals surface area contributed by atoms with E-state index < -0.39 is 22.5 Å². The van der Waals surface area contributed by atoms with Crippen LogP contribution in [0.5, 0.6) is 5.75 Å². The number of aliphatic carboxylic acids is 1. The minimum atomic E-state index is -4.02. The fourth-order valence-corrected chi connectivity index (χ4v) is 4.02. The molecule has 0 heterocycles. The van der Waals surface area contributed by atoms with E-state index in [9.17, 15) is 13.2 Å². The van der Waals surface area contributed by atoms with Crippen LogP contribution in [0.3, 0.4) is 0 Å². The molecule has 0 aliphatic carbocycles. The third-order valence-electron chi connectivity index (χ3n) is 3.34. The molecule has 8 heteroatoms. The Balaban J connectivity index is 2.48. The van der Waals surface area contributed by atoms with Gasteiger partial charge in [0, 0.05) is 11.0 Å². The van der Waals surface area contributed by atoms with Crippen molar-refractivity contribution in [1.82, 2.24) is 0 Å². The highest BCUT2D eigenvalue weighted by atomic mass is 32.2. The molecule has 0 atom stereocenters. The molecule has 2 aromatic carbocycles. The molecule has 0 aromatic heterocycles. The third kappa shape index (κ3) is 4.67. The molecule has 0 aliphatic rings. The average Bonchev–Trinajstić information content (AvgIpc) is 2.60. The summed E-state index contributed by atoms with van der Waals surface area (Å²) < 4.78 is 32.1. The normalized spacial score (nSPS) is 11.1. The largest absolute Gasteiger partial charge is 0.494 e. The van der Waals surface area contributed by atoms with Gasteiger partial charge in [-0.1, -0.05) is 6.07 Å². The molecule has 2 rings (SSSR count). The smallest absolute Gasteiger partial charge is 0.324 e. The van der Waals surface area contributed by atoms with Crippen LogP contribution in [0.25, 0.3) is 0 Å². The fraction of sp³-hybridized carbons (Fsp3) is 0.235. The van der Waals surface area contributed by atoms with Crippen LogP contribution in [0, 0.1) is 0 Å². The Morgan fingerprint density at radius 1 is 1.20 bits per heavy atom. The van der Waals surface area contributed by atoms with Crippen molar-refractivity contribution in [2.75, 3.05) is 23.7 Å². The third-order valence-corrected chi connectivity index (χ3v) is 5.87. The first-order valence-electron chi connectivity index (χ1n) is 7.50.